The molecule has 20 heteroatoms. The third kappa shape index (κ3) is 6.74. The molecule has 0 aromatic heterocycles. The minimum Gasteiger partial charge on any atom is -0.744 e. The quantitative estimate of drug-likeness (QED) is 0.192. The van der Waals surface area contributed by atoms with E-state index in [2.05, 4.69) is 12.5 Å². The van der Waals surface area contributed by atoms with Crippen molar-refractivity contribution in [2.75, 3.05) is 11.5 Å². The van der Waals surface area contributed by atoms with Crippen LogP contribution in [0.25, 0.3) is 0 Å². The number of rotatable bonds is 8. The van der Waals surface area contributed by atoms with Crippen LogP contribution in [-0.2, 0) is 40.5 Å². The molecule has 1 aromatic rings. The van der Waals surface area contributed by atoms with Crippen molar-refractivity contribution in [2.24, 2.45) is 0 Å². The Balaban J connectivity index is 4.02. The van der Waals surface area contributed by atoms with E-state index in [1.165, 1.54) is 0 Å². The molecule has 0 heterocycles. The molecule has 0 saturated heterocycles. The summed E-state index contributed by atoms with van der Waals surface area (Å²) in [6, 6.07) is 0.391. The Morgan fingerprint density at radius 1 is 0.931 bits per heavy atom. The van der Waals surface area contributed by atoms with Crippen LogP contribution in [0.4, 0.5) is 13.2 Å². The normalized spacial score (nSPS) is 13.7. The standard InChI is InChI=1S/C9H8ClF3O12S4/c1-26(14,15)23-5-2-3-6(28(18,19)20)8(7(5)24-27(16,17)4-10)25-29(21,22)9(11,12)13/h2-3H,4H2,1H3,(H,18,19,20)/p-1. The van der Waals surface area contributed by atoms with Crippen LogP contribution in [-0.4, -0.2) is 55.2 Å². The molecule has 0 radical (unpaired) electrons. The van der Waals surface area contributed by atoms with Gasteiger partial charge >= 0.3 is 35.9 Å². The number of alkyl halides is 4. The summed E-state index contributed by atoms with van der Waals surface area (Å²) < 4.78 is 152. The third-order valence-corrected chi connectivity index (χ3v) is 6.16. The van der Waals surface area contributed by atoms with Gasteiger partial charge in [0, 0.05) is 0 Å². The Kier molecular flexibility index (Phi) is 6.99. The van der Waals surface area contributed by atoms with Gasteiger partial charge < -0.3 is 17.1 Å². The van der Waals surface area contributed by atoms with Crippen LogP contribution in [0.15, 0.2) is 17.0 Å². The molecule has 0 amide bonds. The van der Waals surface area contributed by atoms with Crippen molar-refractivity contribution in [2.45, 2.75) is 10.4 Å². The van der Waals surface area contributed by atoms with Gasteiger partial charge in [-0.15, -0.1) is 11.6 Å². The summed E-state index contributed by atoms with van der Waals surface area (Å²) in [5.74, 6) is -5.26. The molecule has 168 valence electrons. The highest BCUT2D eigenvalue weighted by Gasteiger charge is 2.50. The zero-order valence-electron chi connectivity index (χ0n) is 13.4. The van der Waals surface area contributed by atoms with Crippen LogP contribution >= 0.6 is 11.6 Å². The van der Waals surface area contributed by atoms with E-state index in [9.17, 15) is 51.4 Å². The molecule has 0 fully saturated rings. The summed E-state index contributed by atoms with van der Waals surface area (Å²) >= 11 is 5.03. The van der Waals surface area contributed by atoms with Gasteiger partial charge in [-0.05, 0) is 12.1 Å². The van der Waals surface area contributed by atoms with Crippen molar-refractivity contribution in [1.29, 1.82) is 0 Å². The minimum atomic E-state index is -6.69. The van der Waals surface area contributed by atoms with Crippen molar-refractivity contribution in [3.8, 4) is 17.2 Å². The molecule has 0 N–H and O–H groups in total. The fourth-order valence-corrected chi connectivity index (χ4v) is 3.59. The summed E-state index contributed by atoms with van der Waals surface area (Å²) in [4.78, 5) is -1.84. The molecule has 0 spiro atoms. The van der Waals surface area contributed by atoms with Crippen molar-refractivity contribution in [1.82, 2.24) is 0 Å². The summed E-state index contributed by atoms with van der Waals surface area (Å²) in [6.07, 6.45) is 0.373. The second-order valence-corrected chi connectivity index (χ2v) is 11.3. The van der Waals surface area contributed by atoms with E-state index in [4.69, 9.17) is 11.6 Å². The van der Waals surface area contributed by atoms with Crippen molar-refractivity contribution >= 4 is 52.1 Å². The van der Waals surface area contributed by atoms with Gasteiger partial charge in [-0.1, -0.05) is 0 Å². The lowest BCUT2D eigenvalue weighted by Crippen LogP contribution is -2.29. The molecular formula is C9H7ClF3O12S4-. The van der Waals surface area contributed by atoms with E-state index < -0.39 is 73.3 Å². The molecule has 29 heavy (non-hydrogen) atoms. The van der Waals surface area contributed by atoms with Gasteiger partial charge in [0.05, 0.1) is 6.26 Å². The summed E-state index contributed by atoms with van der Waals surface area (Å²) in [6.45, 7) is 0. The lowest BCUT2D eigenvalue weighted by molar-refractivity contribution is -0.0501. The molecule has 0 aliphatic heterocycles. The predicted molar refractivity (Wildman–Crippen MR) is 85.7 cm³/mol. The molecule has 0 aliphatic rings. The van der Waals surface area contributed by atoms with Gasteiger partial charge in [0.25, 0.3) is 0 Å². The van der Waals surface area contributed by atoms with Crippen LogP contribution in [0.2, 0.25) is 0 Å². The largest absolute Gasteiger partial charge is 0.744 e. The summed E-state index contributed by atoms with van der Waals surface area (Å²) in [7, 11) is -22.1. The van der Waals surface area contributed by atoms with Crippen LogP contribution < -0.4 is 12.5 Å². The van der Waals surface area contributed by atoms with E-state index in [-0.39, 0.29) is 12.1 Å². The first kappa shape index (κ1) is 25.5. The van der Waals surface area contributed by atoms with E-state index in [1.807, 2.05) is 0 Å². The minimum absolute atomic E-state index is 0.101. The number of hydrogen-bond donors (Lipinski definition) is 0. The molecule has 1 aromatic carbocycles. The summed E-state index contributed by atoms with van der Waals surface area (Å²) in [5.41, 5.74) is -6.17. The number of hydrogen-bond acceptors (Lipinski definition) is 12. The van der Waals surface area contributed by atoms with Gasteiger partial charge in [0.2, 0.25) is 11.5 Å². The Morgan fingerprint density at radius 3 is 1.83 bits per heavy atom. The monoisotopic (exact) mass is 527 g/mol. The Bertz CT molecular complexity index is 1220. The second kappa shape index (κ2) is 7.95. The topological polar surface area (TPSA) is 187 Å². The van der Waals surface area contributed by atoms with E-state index in [1.54, 1.807) is 0 Å². The maximum absolute atomic E-state index is 12.6. The highest BCUT2D eigenvalue weighted by molar-refractivity contribution is 7.88. The van der Waals surface area contributed by atoms with Crippen molar-refractivity contribution in [3.63, 3.8) is 0 Å². The molecule has 1 rings (SSSR count). The van der Waals surface area contributed by atoms with Gasteiger partial charge in [-0.25, -0.2) is 8.42 Å². The molecule has 0 unspecified atom stereocenters. The fraction of sp³-hybridized carbons (Fsp3) is 0.333. The van der Waals surface area contributed by atoms with Crippen LogP contribution in [0.1, 0.15) is 0 Å². The summed E-state index contributed by atoms with van der Waals surface area (Å²) in [5, 5.41) is -1.43. The second-order valence-electron chi connectivity index (χ2n) is 4.69. The zero-order valence-corrected chi connectivity index (χ0v) is 17.4. The molecular weight excluding hydrogens is 521 g/mol. The van der Waals surface area contributed by atoms with E-state index in [0.717, 1.165) is 0 Å². The van der Waals surface area contributed by atoms with Crippen molar-refractivity contribution < 1.29 is 63.9 Å². The lowest BCUT2D eigenvalue weighted by Gasteiger charge is -2.19. The number of benzene rings is 1. The van der Waals surface area contributed by atoms with Gasteiger partial charge in [-0.2, -0.15) is 38.4 Å². The Hall–Kier alpha value is -1.54. The number of halogens is 4. The average Bonchev–Trinajstić information content (AvgIpc) is 2.46. The maximum Gasteiger partial charge on any atom is 0.534 e. The highest BCUT2D eigenvalue weighted by atomic mass is 35.5. The van der Waals surface area contributed by atoms with Crippen molar-refractivity contribution in [3.05, 3.63) is 12.1 Å². The van der Waals surface area contributed by atoms with Crippen LogP contribution in [0.5, 0.6) is 17.2 Å². The zero-order chi connectivity index (χ0) is 23.1. The van der Waals surface area contributed by atoms with Gasteiger partial charge in [-0.3, -0.25) is 0 Å². The smallest absolute Gasteiger partial charge is 0.534 e. The molecule has 0 atom stereocenters. The maximum atomic E-state index is 12.6. The molecule has 0 bridgehead atoms. The van der Waals surface area contributed by atoms with Gasteiger partial charge in [0.1, 0.15) is 15.0 Å². The first-order valence-electron chi connectivity index (χ1n) is 6.21. The van der Waals surface area contributed by atoms with Crippen LogP contribution in [0.3, 0.4) is 0 Å². The predicted octanol–water partition coefficient (Wildman–Crippen LogP) is 0.0624. The van der Waals surface area contributed by atoms with Gasteiger partial charge in [0.15, 0.2) is 11.0 Å². The SMILES string of the molecule is CS(=O)(=O)Oc1ccc(S(=O)(=O)[O-])c(OS(=O)(=O)C(F)(F)F)c1OS(=O)(=O)CCl. The molecule has 12 nitrogen and oxygen atoms in total. The average molecular weight is 528 g/mol. The van der Waals surface area contributed by atoms with E-state index >= 15 is 0 Å². The molecule has 0 saturated carbocycles. The third-order valence-electron chi connectivity index (χ3n) is 2.37. The Morgan fingerprint density at radius 2 is 1.45 bits per heavy atom. The van der Waals surface area contributed by atoms with Crippen LogP contribution in [0, 0.1) is 0 Å². The fourth-order valence-electron chi connectivity index (χ4n) is 1.42. The molecule has 0 aliphatic carbocycles. The lowest BCUT2D eigenvalue weighted by atomic mass is 10.3. The highest BCUT2D eigenvalue weighted by Crippen LogP contribution is 2.45. The van der Waals surface area contributed by atoms with E-state index in [0.29, 0.717) is 6.26 Å². The first-order valence-corrected chi connectivity index (χ1v) is 13.0. The first-order chi connectivity index (χ1) is 12.7. The Labute approximate surface area is 167 Å².